The standard InChI is InChI=1S/C15H21N3S/c1-3-11(4-2)15-17-12-7-5-6-8-13(12)18(15)10-9-14(16)19/h5-8,11H,3-4,9-10H2,1-2H3,(H2,16,19). The first kappa shape index (κ1) is 14.0. The van der Waals surface area contributed by atoms with Crippen LogP contribution in [0.25, 0.3) is 11.0 Å². The van der Waals surface area contributed by atoms with Gasteiger partial charge in [0.1, 0.15) is 5.82 Å². The van der Waals surface area contributed by atoms with Gasteiger partial charge in [0.05, 0.1) is 16.0 Å². The van der Waals surface area contributed by atoms with Gasteiger partial charge in [-0.3, -0.25) is 0 Å². The molecule has 4 heteroatoms. The summed E-state index contributed by atoms with van der Waals surface area (Å²) in [7, 11) is 0. The van der Waals surface area contributed by atoms with Crippen LogP contribution in [-0.2, 0) is 6.54 Å². The van der Waals surface area contributed by atoms with Crippen LogP contribution < -0.4 is 5.73 Å². The van der Waals surface area contributed by atoms with E-state index in [1.807, 2.05) is 6.07 Å². The van der Waals surface area contributed by atoms with E-state index in [1.165, 1.54) is 11.3 Å². The van der Waals surface area contributed by atoms with E-state index in [-0.39, 0.29) is 0 Å². The Kier molecular flexibility index (Phi) is 4.53. The van der Waals surface area contributed by atoms with Crippen LogP contribution in [0.1, 0.15) is 44.9 Å². The van der Waals surface area contributed by atoms with Crippen molar-refractivity contribution in [2.75, 3.05) is 0 Å². The second kappa shape index (κ2) is 6.15. The lowest BCUT2D eigenvalue weighted by atomic mass is 10.0. The molecule has 0 atom stereocenters. The Morgan fingerprint density at radius 2 is 2.00 bits per heavy atom. The molecule has 0 aliphatic heterocycles. The van der Waals surface area contributed by atoms with Gasteiger partial charge in [-0.2, -0.15) is 0 Å². The maximum atomic E-state index is 5.64. The van der Waals surface area contributed by atoms with Crippen LogP contribution in [0.5, 0.6) is 0 Å². The van der Waals surface area contributed by atoms with E-state index < -0.39 is 0 Å². The Morgan fingerprint density at radius 1 is 1.32 bits per heavy atom. The lowest BCUT2D eigenvalue weighted by Gasteiger charge is -2.15. The van der Waals surface area contributed by atoms with Crippen molar-refractivity contribution in [1.29, 1.82) is 0 Å². The number of imidazole rings is 1. The average Bonchev–Trinajstić information content (AvgIpc) is 2.76. The quantitative estimate of drug-likeness (QED) is 0.819. The topological polar surface area (TPSA) is 43.8 Å². The smallest absolute Gasteiger partial charge is 0.112 e. The molecule has 1 aromatic heterocycles. The van der Waals surface area contributed by atoms with E-state index >= 15 is 0 Å². The van der Waals surface area contributed by atoms with Crippen molar-refractivity contribution >= 4 is 28.2 Å². The Hall–Kier alpha value is -1.42. The predicted molar refractivity (Wildman–Crippen MR) is 84.5 cm³/mol. The second-order valence-electron chi connectivity index (χ2n) is 4.84. The minimum atomic E-state index is 0.499. The van der Waals surface area contributed by atoms with Crippen molar-refractivity contribution in [1.82, 2.24) is 9.55 Å². The molecule has 2 N–H and O–H groups in total. The van der Waals surface area contributed by atoms with E-state index in [1.54, 1.807) is 0 Å². The van der Waals surface area contributed by atoms with Gasteiger partial charge in [0.2, 0.25) is 0 Å². The van der Waals surface area contributed by atoms with Crippen LogP contribution in [0.2, 0.25) is 0 Å². The molecule has 0 radical (unpaired) electrons. The maximum Gasteiger partial charge on any atom is 0.112 e. The molecule has 102 valence electrons. The maximum absolute atomic E-state index is 5.64. The summed E-state index contributed by atoms with van der Waals surface area (Å²) in [6, 6.07) is 8.27. The van der Waals surface area contributed by atoms with Gasteiger partial charge in [-0.25, -0.2) is 4.98 Å². The van der Waals surface area contributed by atoms with Gasteiger partial charge in [0.15, 0.2) is 0 Å². The zero-order chi connectivity index (χ0) is 13.8. The highest BCUT2D eigenvalue weighted by molar-refractivity contribution is 7.80. The van der Waals surface area contributed by atoms with Crippen LogP contribution in [0, 0.1) is 0 Å². The molecule has 19 heavy (non-hydrogen) atoms. The number of thiocarbonyl (C=S) groups is 1. The summed E-state index contributed by atoms with van der Waals surface area (Å²) in [5.74, 6) is 1.67. The number of rotatable bonds is 6. The van der Waals surface area contributed by atoms with E-state index in [2.05, 4.69) is 36.6 Å². The highest BCUT2D eigenvalue weighted by Gasteiger charge is 2.17. The third-order valence-electron chi connectivity index (χ3n) is 3.62. The number of fused-ring (bicyclic) bond motifs is 1. The van der Waals surface area contributed by atoms with Crippen molar-refractivity contribution in [3.8, 4) is 0 Å². The molecular weight excluding hydrogens is 254 g/mol. The van der Waals surface area contributed by atoms with Gasteiger partial charge in [-0.1, -0.05) is 38.2 Å². The molecule has 0 spiro atoms. The largest absolute Gasteiger partial charge is 0.393 e. The Bertz CT molecular complexity index is 570. The molecule has 1 aromatic carbocycles. The fourth-order valence-corrected chi connectivity index (χ4v) is 2.61. The zero-order valence-electron chi connectivity index (χ0n) is 11.6. The molecule has 0 aliphatic carbocycles. The van der Waals surface area contributed by atoms with Crippen LogP contribution >= 0.6 is 12.2 Å². The van der Waals surface area contributed by atoms with E-state index in [4.69, 9.17) is 22.9 Å². The van der Waals surface area contributed by atoms with E-state index in [0.29, 0.717) is 10.9 Å². The number of hydrogen-bond donors (Lipinski definition) is 1. The number of para-hydroxylation sites is 2. The third-order valence-corrected chi connectivity index (χ3v) is 3.82. The zero-order valence-corrected chi connectivity index (χ0v) is 12.4. The van der Waals surface area contributed by atoms with Gasteiger partial charge in [0.25, 0.3) is 0 Å². The number of benzene rings is 1. The fourth-order valence-electron chi connectivity index (χ4n) is 2.52. The normalized spacial score (nSPS) is 11.3. The summed E-state index contributed by atoms with van der Waals surface area (Å²) in [6.45, 7) is 5.25. The summed E-state index contributed by atoms with van der Waals surface area (Å²) in [6.07, 6.45) is 2.93. The van der Waals surface area contributed by atoms with E-state index in [9.17, 15) is 0 Å². The number of aryl methyl sites for hydroxylation is 1. The van der Waals surface area contributed by atoms with Gasteiger partial charge in [-0.15, -0.1) is 0 Å². The number of hydrogen-bond acceptors (Lipinski definition) is 2. The molecule has 0 bridgehead atoms. The molecule has 0 saturated heterocycles. The lowest BCUT2D eigenvalue weighted by molar-refractivity contribution is 0.558. The molecular formula is C15H21N3S. The Morgan fingerprint density at radius 3 is 2.63 bits per heavy atom. The van der Waals surface area contributed by atoms with Gasteiger partial charge in [0, 0.05) is 18.9 Å². The monoisotopic (exact) mass is 275 g/mol. The summed E-state index contributed by atoms with van der Waals surface area (Å²) in [4.78, 5) is 5.37. The van der Waals surface area contributed by atoms with Crippen LogP contribution in [-0.4, -0.2) is 14.5 Å². The van der Waals surface area contributed by atoms with Crippen LogP contribution in [0.3, 0.4) is 0 Å². The second-order valence-corrected chi connectivity index (χ2v) is 5.36. The molecule has 0 aliphatic rings. The highest BCUT2D eigenvalue weighted by atomic mass is 32.1. The van der Waals surface area contributed by atoms with E-state index in [0.717, 1.165) is 31.3 Å². The third kappa shape index (κ3) is 2.95. The van der Waals surface area contributed by atoms with Crippen molar-refractivity contribution in [2.45, 2.75) is 45.6 Å². The minimum Gasteiger partial charge on any atom is -0.393 e. The first-order valence-corrected chi connectivity index (χ1v) is 7.31. The predicted octanol–water partition coefficient (Wildman–Crippen LogP) is 3.62. The summed E-state index contributed by atoms with van der Waals surface area (Å²) in [5, 5.41) is 0. The highest BCUT2D eigenvalue weighted by Crippen LogP contribution is 2.26. The molecule has 2 aromatic rings. The van der Waals surface area contributed by atoms with Crippen molar-refractivity contribution < 1.29 is 0 Å². The van der Waals surface area contributed by atoms with Gasteiger partial charge in [-0.05, 0) is 25.0 Å². The van der Waals surface area contributed by atoms with Crippen LogP contribution in [0.4, 0.5) is 0 Å². The van der Waals surface area contributed by atoms with Crippen molar-refractivity contribution in [2.24, 2.45) is 5.73 Å². The first-order valence-electron chi connectivity index (χ1n) is 6.90. The van der Waals surface area contributed by atoms with Crippen LogP contribution in [0.15, 0.2) is 24.3 Å². The average molecular weight is 275 g/mol. The van der Waals surface area contributed by atoms with Gasteiger partial charge < -0.3 is 10.3 Å². The molecule has 0 saturated carbocycles. The summed E-state index contributed by atoms with van der Waals surface area (Å²) < 4.78 is 2.28. The SMILES string of the molecule is CCC(CC)c1nc2ccccc2n1CCC(N)=S. The van der Waals surface area contributed by atoms with Crippen molar-refractivity contribution in [3.05, 3.63) is 30.1 Å². The summed E-state index contributed by atoms with van der Waals surface area (Å²) >= 11 is 5.00. The number of aromatic nitrogens is 2. The molecule has 3 nitrogen and oxygen atoms in total. The number of nitrogens with zero attached hydrogens (tertiary/aromatic N) is 2. The fraction of sp³-hybridized carbons (Fsp3) is 0.467. The Labute approximate surface area is 119 Å². The molecule has 0 unspecified atom stereocenters. The molecule has 0 amide bonds. The van der Waals surface area contributed by atoms with Gasteiger partial charge >= 0.3 is 0 Å². The van der Waals surface area contributed by atoms with Crippen molar-refractivity contribution in [3.63, 3.8) is 0 Å². The summed E-state index contributed by atoms with van der Waals surface area (Å²) in [5.41, 5.74) is 7.89. The minimum absolute atomic E-state index is 0.499. The lowest BCUT2D eigenvalue weighted by Crippen LogP contribution is -2.14. The Balaban J connectivity index is 2.48. The first-order chi connectivity index (χ1) is 9.17. The molecule has 1 heterocycles. The molecule has 2 rings (SSSR count). The molecule has 0 fully saturated rings. The number of nitrogens with two attached hydrogens (primary N) is 1.